The van der Waals surface area contributed by atoms with Gasteiger partial charge < -0.3 is 10.2 Å². The molecule has 1 saturated heterocycles. The molecule has 114 valence electrons. The maximum atomic E-state index is 12.4. The number of aryl methyl sites for hydroxylation is 1. The topological polar surface area (TPSA) is 75.5 Å². The normalized spacial score (nSPS) is 16.4. The summed E-state index contributed by atoms with van der Waals surface area (Å²) in [7, 11) is 0. The van der Waals surface area contributed by atoms with E-state index in [1.165, 1.54) is 0 Å². The SMILES string of the molecule is Cc1cccc(NC(C)C(=O)N2CCCCC2)c1[N+](=O)[O-]. The van der Waals surface area contributed by atoms with Crippen LogP contribution >= 0.6 is 0 Å². The molecule has 1 aromatic carbocycles. The van der Waals surface area contributed by atoms with Crippen molar-refractivity contribution in [2.24, 2.45) is 0 Å². The van der Waals surface area contributed by atoms with E-state index in [1.807, 2.05) is 4.90 Å². The lowest BCUT2D eigenvalue weighted by atomic mass is 10.1. The van der Waals surface area contributed by atoms with Crippen molar-refractivity contribution in [1.29, 1.82) is 0 Å². The molecule has 1 aliphatic rings. The quantitative estimate of drug-likeness (QED) is 0.683. The number of nitrogens with one attached hydrogen (secondary N) is 1. The Balaban J connectivity index is 2.12. The fraction of sp³-hybridized carbons (Fsp3) is 0.533. The van der Waals surface area contributed by atoms with Crippen LogP contribution in [-0.4, -0.2) is 34.9 Å². The highest BCUT2D eigenvalue weighted by molar-refractivity contribution is 5.85. The van der Waals surface area contributed by atoms with Gasteiger partial charge in [0, 0.05) is 18.7 Å². The van der Waals surface area contributed by atoms with Gasteiger partial charge in [0.15, 0.2) is 0 Å². The summed E-state index contributed by atoms with van der Waals surface area (Å²) in [6.45, 7) is 5.00. The number of amides is 1. The van der Waals surface area contributed by atoms with Crippen molar-refractivity contribution in [1.82, 2.24) is 4.90 Å². The molecule has 0 saturated carbocycles. The molecule has 6 nitrogen and oxygen atoms in total. The second-order valence-electron chi connectivity index (χ2n) is 5.48. The number of carbonyl (C=O) groups is 1. The summed E-state index contributed by atoms with van der Waals surface area (Å²) in [5.74, 6) is 0.00510. The highest BCUT2D eigenvalue weighted by atomic mass is 16.6. The van der Waals surface area contributed by atoms with Crippen molar-refractivity contribution in [3.63, 3.8) is 0 Å². The predicted octanol–water partition coefficient (Wildman–Crippen LogP) is 2.72. The average molecular weight is 291 g/mol. The lowest BCUT2D eigenvalue weighted by Gasteiger charge is -2.29. The van der Waals surface area contributed by atoms with Crippen LogP contribution in [0.1, 0.15) is 31.7 Å². The number of benzene rings is 1. The van der Waals surface area contributed by atoms with Crippen molar-refractivity contribution in [2.75, 3.05) is 18.4 Å². The van der Waals surface area contributed by atoms with Gasteiger partial charge in [-0.05, 0) is 39.2 Å². The highest BCUT2D eigenvalue weighted by Gasteiger charge is 2.25. The number of para-hydroxylation sites is 1. The first-order chi connectivity index (χ1) is 10.0. The number of nitro groups is 1. The van der Waals surface area contributed by atoms with Crippen molar-refractivity contribution in [2.45, 2.75) is 39.2 Å². The molecule has 1 amide bonds. The van der Waals surface area contributed by atoms with Crippen LogP contribution in [0.3, 0.4) is 0 Å². The zero-order chi connectivity index (χ0) is 15.4. The molecule has 0 bridgehead atoms. The van der Waals surface area contributed by atoms with Gasteiger partial charge in [-0.15, -0.1) is 0 Å². The highest BCUT2D eigenvalue weighted by Crippen LogP contribution is 2.28. The minimum Gasteiger partial charge on any atom is -0.368 e. The van der Waals surface area contributed by atoms with Gasteiger partial charge in [0.25, 0.3) is 5.69 Å². The Kier molecular flexibility index (Phi) is 4.77. The summed E-state index contributed by atoms with van der Waals surface area (Å²) in [5, 5.41) is 14.2. The molecule has 0 aliphatic carbocycles. The second kappa shape index (κ2) is 6.56. The molecule has 1 N–H and O–H groups in total. The van der Waals surface area contributed by atoms with E-state index >= 15 is 0 Å². The van der Waals surface area contributed by atoms with Gasteiger partial charge in [-0.1, -0.05) is 12.1 Å². The van der Waals surface area contributed by atoms with Crippen LogP contribution in [0, 0.1) is 17.0 Å². The molecule has 1 aliphatic heterocycles. The van der Waals surface area contributed by atoms with Crippen LogP contribution in [-0.2, 0) is 4.79 Å². The van der Waals surface area contributed by atoms with E-state index in [-0.39, 0.29) is 11.6 Å². The number of hydrogen-bond acceptors (Lipinski definition) is 4. The Morgan fingerprint density at radius 2 is 2.00 bits per heavy atom. The van der Waals surface area contributed by atoms with Crippen molar-refractivity contribution >= 4 is 17.3 Å². The third kappa shape index (κ3) is 3.51. The third-order valence-corrected chi connectivity index (χ3v) is 3.83. The van der Waals surface area contributed by atoms with Gasteiger partial charge in [-0.2, -0.15) is 0 Å². The zero-order valence-electron chi connectivity index (χ0n) is 12.5. The summed E-state index contributed by atoms with van der Waals surface area (Å²) >= 11 is 0. The summed E-state index contributed by atoms with van der Waals surface area (Å²) in [5.41, 5.74) is 1.02. The van der Waals surface area contributed by atoms with E-state index in [4.69, 9.17) is 0 Å². The zero-order valence-corrected chi connectivity index (χ0v) is 12.5. The smallest absolute Gasteiger partial charge is 0.295 e. The molecule has 1 heterocycles. The third-order valence-electron chi connectivity index (χ3n) is 3.83. The van der Waals surface area contributed by atoms with Crippen LogP contribution in [0.4, 0.5) is 11.4 Å². The molecule has 1 unspecified atom stereocenters. The average Bonchev–Trinajstić information content (AvgIpc) is 2.47. The Morgan fingerprint density at radius 3 is 2.62 bits per heavy atom. The minimum absolute atomic E-state index is 0.00510. The summed E-state index contributed by atoms with van der Waals surface area (Å²) in [6.07, 6.45) is 3.22. The number of carbonyl (C=O) groups excluding carboxylic acids is 1. The van der Waals surface area contributed by atoms with E-state index in [1.54, 1.807) is 32.0 Å². The molecule has 1 fully saturated rings. The Hall–Kier alpha value is -2.11. The molecule has 0 spiro atoms. The van der Waals surface area contributed by atoms with Crippen LogP contribution < -0.4 is 5.32 Å². The molecule has 1 atom stereocenters. The van der Waals surface area contributed by atoms with Crippen LogP contribution in [0.15, 0.2) is 18.2 Å². The van der Waals surface area contributed by atoms with Crippen LogP contribution in [0.2, 0.25) is 0 Å². The number of rotatable bonds is 4. The Morgan fingerprint density at radius 1 is 1.33 bits per heavy atom. The monoisotopic (exact) mass is 291 g/mol. The first kappa shape index (κ1) is 15.3. The lowest BCUT2D eigenvalue weighted by molar-refractivity contribution is -0.384. The van der Waals surface area contributed by atoms with Gasteiger partial charge in [-0.25, -0.2) is 0 Å². The lowest BCUT2D eigenvalue weighted by Crippen LogP contribution is -2.43. The maximum absolute atomic E-state index is 12.4. The van der Waals surface area contributed by atoms with Gasteiger partial charge in [-0.3, -0.25) is 14.9 Å². The fourth-order valence-electron chi connectivity index (χ4n) is 2.70. The number of hydrogen-bond donors (Lipinski definition) is 1. The van der Waals surface area contributed by atoms with E-state index in [2.05, 4.69) is 5.32 Å². The number of piperidine rings is 1. The van der Waals surface area contributed by atoms with E-state index in [0.717, 1.165) is 32.4 Å². The molecule has 2 rings (SSSR count). The van der Waals surface area contributed by atoms with E-state index in [0.29, 0.717) is 11.3 Å². The fourth-order valence-corrected chi connectivity index (χ4v) is 2.70. The maximum Gasteiger partial charge on any atom is 0.295 e. The molecule has 6 heteroatoms. The molecule has 0 aromatic heterocycles. The standard InChI is InChI=1S/C15H21N3O3/c1-11-7-6-8-13(14(11)18(20)21)16-12(2)15(19)17-9-4-3-5-10-17/h6-8,12,16H,3-5,9-10H2,1-2H3. The summed E-state index contributed by atoms with van der Waals surface area (Å²) in [4.78, 5) is 25.0. The van der Waals surface area contributed by atoms with Gasteiger partial charge >= 0.3 is 0 Å². The van der Waals surface area contributed by atoms with E-state index < -0.39 is 11.0 Å². The minimum atomic E-state index is -0.469. The molecule has 0 radical (unpaired) electrons. The number of anilines is 1. The Bertz CT molecular complexity index is 539. The van der Waals surface area contributed by atoms with Crippen molar-refractivity contribution in [3.8, 4) is 0 Å². The van der Waals surface area contributed by atoms with Crippen LogP contribution in [0.25, 0.3) is 0 Å². The van der Waals surface area contributed by atoms with Gasteiger partial charge in [0.05, 0.1) is 4.92 Å². The summed E-state index contributed by atoms with van der Waals surface area (Å²) < 4.78 is 0. The Labute approximate surface area is 124 Å². The van der Waals surface area contributed by atoms with Gasteiger partial charge in [0.2, 0.25) is 5.91 Å². The molecular formula is C15H21N3O3. The summed E-state index contributed by atoms with van der Waals surface area (Å²) in [6, 6.07) is 4.62. The van der Waals surface area contributed by atoms with Crippen LogP contribution in [0.5, 0.6) is 0 Å². The number of nitrogens with zero attached hydrogens (tertiary/aromatic N) is 2. The van der Waals surface area contributed by atoms with Crippen molar-refractivity contribution in [3.05, 3.63) is 33.9 Å². The van der Waals surface area contributed by atoms with Crippen molar-refractivity contribution < 1.29 is 9.72 Å². The molecular weight excluding hydrogens is 270 g/mol. The largest absolute Gasteiger partial charge is 0.368 e. The molecule has 21 heavy (non-hydrogen) atoms. The van der Waals surface area contributed by atoms with Gasteiger partial charge in [0.1, 0.15) is 11.7 Å². The first-order valence-corrected chi connectivity index (χ1v) is 7.30. The number of likely N-dealkylation sites (tertiary alicyclic amines) is 1. The molecule has 1 aromatic rings. The predicted molar refractivity (Wildman–Crippen MR) is 81.3 cm³/mol. The number of nitro benzene ring substituents is 1. The second-order valence-corrected chi connectivity index (χ2v) is 5.48. The first-order valence-electron chi connectivity index (χ1n) is 7.30. The van der Waals surface area contributed by atoms with E-state index in [9.17, 15) is 14.9 Å².